The number of benzene rings is 2. The van der Waals surface area contributed by atoms with Crippen LogP contribution in [0.3, 0.4) is 0 Å². The van der Waals surface area contributed by atoms with E-state index in [1.807, 2.05) is 29.2 Å². The molecule has 2 aromatic rings. The molecule has 1 atom stereocenters. The molecule has 2 nitrogen and oxygen atoms in total. The van der Waals surface area contributed by atoms with Gasteiger partial charge in [0.25, 0.3) is 5.91 Å². The molecule has 0 fully saturated rings. The third-order valence-electron chi connectivity index (χ3n) is 4.34. The summed E-state index contributed by atoms with van der Waals surface area (Å²) in [5.74, 6) is 0.604. The Bertz CT molecular complexity index is 690. The highest BCUT2D eigenvalue weighted by Gasteiger charge is 2.26. The van der Waals surface area contributed by atoms with Gasteiger partial charge in [-0.3, -0.25) is 4.79 Å². The van der Waals surface area contributed by atoms with Crippen molar-refractivity contribution in [3.63, 3.8) is 0 Å². The predicted molar refractivity (Wildman–Crippen MR) is 86.9 cm³/mol. The third-order valence-corrected chi connectivity index (χ3v) is 4.34. The van der Waals surface area contributed by atoms with Gasteiger partial charge >= 0.3 is 0 Å². The molecule has 2 heteroatoms. The van der Waals surface area contributed by atoms with Crippen LogP contribution in [0.5, 0.6) is 0 Å². The molecule has 1 aliphatic rings. The summed E-state index contributed by atoms with van der Waals surface area (Å²) in [6.45, 7) is 7.13. The number of anilines is 1. The lowest BCUT2D eigenvalue weighted by Crippen LogP contribution is -2.39. The highest BCUT2D eigenvalue weighted by Crippen LogP contribution is 2.30. The summed E-state index contributed by atoms with van der Waals surface area (Å²) in [6.07, 6.45) is 1.05. The van der Waals surface area contributed by atoms with Crippen molar-refractivity contribution >= 4 is 11.6 Å². The smallest absolute Gasteiger partial charge is 0.258 e. The van der Waals surface area contributed by atoms with Gasteiger partial charge in [0.1, 0.15) is 0 Å². The molecular weight excluding hydrogens is 258 g/mol. The van der Waals surface area contributed by atoms with E-state index < -0.39 is 0 Å². The van der Waals surface area contributed by atoms with E-state index >= 15 is 0 Å². The second-order valence-corrected chi connectivity index (χ2v) is 6.15. The molecule has 108 valence electrons. The highest BCUT2D eigenvalue weighted by molar-refractivity contribution is 6.06. The summed E-state index contributed by atoms with van der Waals surface area (Å²) < 4.78 is 0. The predicted octanol–water partition coefficient (Wildman–Crippen LogP) is 4.14. The van der Waals surface area contributed by atoms with E-state index in [0.29, 0.717) is 5.92 Å². The minimum absolute atomic E-state index is 0.108. The van der Waals surface area contributed by atoms with Gasteiger partial charge in [-0.25, -0.2) is 0 Å². The Kier molecular flexibility index (Phi) is 3.54. The zero-order valence-corrected chi connectivity index (χ0v) is 12.9. The molecule has 0 radical (unpaired) electrons. The lowest BCUT2D eigenvalue weighted by molar-refractivity contribution is 0.0981. The monoisotopic (exact) mass is 279 g/mol. The summed E-state index contributed by atoms with van der Waals surface area (Å²) in [5, 5.41) is 0. The molecule has 1 unspecified atom stereocenters. The Morgan fingerprint density at radius 3 is 2.62 bits per heavy atom. The summed E-state index contributed by atoms with van der Waals surface area (Å²) in [4.78, 5) is 14.8. The van der Waals surface area contributed by atoms with Gasteiger partial charge in [-0.15, -0.1) is 0 Å². The van der Waals surface area contributed by atoms with Crippen LogP contribution in [0.25, 0.3) is 0 Å². The summed E-state index contributed by atoms with van der Waals surface area (Å²) in [5.41, 5.74) is 5.51. The quantitative estimate of drug-likeness (QED) is 0.768. The van der Waals surface area contributed by atoms with Crippen molar-refractivity contribution < 1.29 is 4.79 Å². The molecule has 0 aromatic heterocycles. The SMILES string of the molecule is Cc1ccc(C(=O)N2CC(C)Cc3ccccc32)cc1C. The zero-order valence-electron chi connectivity index (χ0n) is 12.9. The van der Waals surface area contributed by atoms with E-state index in [0.717, 1.165) is 24.2 Å². The third kappa shape index (κ3) is 2.58. The van der Waals surface area contributed by atoms with Gasteiger partial charge < -0.3 is 4.90 Å². The first kappa shape index (κ1) is 13.9. The molecule has 0 bridgehead atoms. The molecule has 1 amide bonds. The lowest BCUT2D eigenvalue weighted by atomic mass is 9.93. The first-order valence-electron chi connectivity index (χ1n) is 7.53. The maximum absolute atomic E-state index is 12.9. The van der Waals surface area contributed by atoms with E-state index in [4.69, 9.17) is 0 Å². The molecule has 21 heavy (non-hydrogen) atoms. The summed E-state index contributed by atoms with van der Waals surface area (Å²) in [7, 11) is 0. The van der Waals surface area contributed by atoms with Crippen molar-refractivity contribution in [1.82, 2.24) is 0 Å². The second kappa shape index (κ2) is 5.36. The molecule has 0 saturated carbocycles. The van der Waals surface area contributed by atoms with Crippen LogP contribution >= 0.6 is 0 Å². The molecule has 2 aromatic carbocycles. The molecule has 0 N–H and O–H groups in total. The number of fused-ring (bicyclic) bond motifs is 1. The normalized spacial score (nSPS) is 17.5. The van der Waals surface area contributed by atoms with Gasteiger partial charge in [0.05, 0.1) is 0 Å². The van der Waals surface area contributed by atoms with Crippen LogP contribution in [-0.4, -0.2) is 12.5 Å². The minimum atomic E-state index is 0.108. The Balaban J connectivity index is 1.99. The fraction of sp³-hybridized carbons (Fsp3) is 0.316. The number of carbonyl (C=O) groups is 1. The Labute approximate surface area is 126 Å². The van der Waals surface area contributed by atoms with Crippen LogP contribution in [0.15, 0.2) is 42.5 Å². The van der Waals surface area contributed by atoms with Crippen molar-refractivity contribution in [2.75, 3.05) is 11.4 Å². The maximum Gasteiger partial charge on any atom is 0.258 e. The number of para-hydroxylation sites is 1. The van der Waals surface area contributed by atoms with Crippen LogP contribution in [0, 0.1) is 19.8 Å². The number of hydrogen-bond donors (Lipinski definition) is 0. The highest BCUT2D eigenvalue weighted by atomic mass is 16.2. The van der Waals surface area contributed by atoms with Crippen molar-refractivity contribution in [1.29, 1.82) is 0 Å². The Morgan fingerprint density at radius 2 is 1.86 bits per heavy atom. The number of carbonyl (C=O) groups excluding carboxylic acids is 1. The Hall–Kier alpha value is -2.09. The molecular formula is C19H21NO. The van der Waals surface area contributed by atoms with Crippen LogP contribution in [0.4, 0.5) is 5.69 Å². The molecule has 0 aliphatic carbocycles. The fourth-order valence-corrected chi connectivity index (χ4v) is 3.02. The van der Waals surface area contributed by atoms with Gasteiger partial charge in [-0.1, -0.05) is 31.2 Å². The van der Waals surface area contributed by atoms with E-state index in [-0.39, 0.29) is 5.91 Å². The molecule has 1 heterocycles. The Morgan fingerprint density at radius 1 is 1.10 bits per heavy atom. The number of aryl methyl sites for hydroxylation is 2. The van der Waals surface area contributed by atoms with Crippen LogP contribution < -0.4 is 4.90 Å². The number of hydrogen-bond acceptors (Lipinski definition) is 1. The van der Waals surface area contributed by atoms with E-state index in [1.54, 1.807) is 0 Å². The molecule has 0 spiro atoms. The standard InChI is InChI=1S/C19H21NO/c1-13-10-16-6-4-5-7-18(16)20(12-13)19(21)17-9-8-14(2)15(3)11-17/h4-9,11,13H,10,12H2,1-3H3. The maximum atomic E-state index is 12.9. The average Bonchev–Trinajstić information content (AvgIpc) is 2.48. The first-order valence-corrected chi connectivity index (χ1v) is 7.53. The summed E-state index contributed by atoms with van der Waals surface area (Å²) in [6, 6.07) is 14.2. The van der Waals surface area contributed by atoms with Crippen molar-refractivity contribution in [2.24, 2.45) is 5.92 Å². The van der Waals surface area contributed by atoms with Gasteiger partial charge in [0.2, 0.25) is 0 Å². The fourth-order valence-electron chi connectivity index (χ4n) is 3.02. The molecule has 1 aliphatic heterocycles. The van der Waals surface area contributed by atoms with Crippen LogP contribution in [-0.2, 0) is 6.42 Å². The number of rotatable bonds is 1. The largest absolute Gasteiger partial charge is 0.308 e. The van der Waals surface area contributed by atoms with Crippen LogP contribution in [0.1, 0.15) is 34.0 Å². The van der Waals surface area contributed by atoms with Crippen LogP contribution in [0.2, 0.25) is 0 Å². The van der Waals surface area contributed by atoms with Gasteiger partial charge in [0, 0.05) is 17.8 Å². The van der Waals surface area contributed by atoms with Crippen molar-refractivity contribution in [3.05, 3.63) is 64.7 Å². The molecule has 3 rings (SSSR count). The van der Waals surface area contributed by atoms with Gasteiger partial charge in [-0.05, 0) is 61.1 Å². The summed E-state index contributed by atoms with van der Waals surface area (Å²) >= 11 is 0. The van der Waals surface area contributed by atoms with Gasteiger partial charge in [0.15, 0.2) is 0 Å². The first-order chi connectivity index (χ1) is 10.1. The number of amides is 1. The van der Waals surface area contributed by atoms with E-state index in [1.165, 1.54) is 16.7 Å². The van der Waals surface area contributed by atoms with Crippen molar-refractivity contribution in [2.45, 2.75) is 27.2 Å². The average molecular weight is 279 g/mol. The van der Waals surface area contributed by atoms with E-state index in [2.05, 4.69) is 39.0 Å². The molecule has 0 saturated heterocycles. The zero-order chi connectivity index (χ0) is 15.0. The minimum Gasteiger partial charge on any atom is -0.308 e. The lowest BCUT2D eigenvalue weighted by Gasteiger charge is -2.33. The second-order valence-electron chi connectivity index (χ2n) is 6.15. The van der Waals surface area contributed by atoms with Crippen molar-refractivity contribution in [3.8, 4) is 0 Å². The topological polar surface area (TPSA) is 20.3 Å². The number of nitrogens with zero attached hydrogens (tertiary/aromatic N) is 1. The van der Waals surface area contributed by atoms with Gasteiger partial charge in [-0.2, -0.15) is 0 Å². The van der Waals surface area contributed by atoms with E-state index in [9.17, 15) is 4.79 Å².